The SMILES string of the molecule is COc1ccc(OC)c([C@H](C)NC(=O)COc2ccc(F)cc2Cl)c1. The molecule has 7 heteroatoms. The maximum atomic E-state index is 13.0. The van der Waals surface area contributed by atoms with Crippen LogP contribution in [0.25, 0.3) is 0 Å². The van der Waals surface area contributed by atoms with Crippen molar-refractivity contribution < 1.29 is 23.4 Å². The largest absolute Gasteiger partial charge is 0.497 e. The van der Waals surface area contributed by atoms with E-state index in [1.165, 1.54) is 12.1 Å². The number of benzene rings is 2. The molecular weight excluding hydrogens is 349 g/mol. The lowest BCUT2D eigenvalue weighted by Gasteiger charge is -2.18. The lowest BCUT2D eigenvalue weighted by Crippen LogP contribution is -2.31. The summed E-state index contributed by atoms with van der Waals surface area (Å²) in [5, 5.41) is 2.91. The molecule has 0 radical (unpaired) electrons. The van der Waals surface area contributed by atoms with Gasteiger partial charge < -0.3 is 19.5 Å². The molecular formula is C18H19ClFNO4. The van der Waals surface area contributed by atoms with E-state index in [-0.39, 0.29) is 29.3 Å². The number of halogens is 2. The molecule has 134 valence electrons. The van der Waals surface area contributed by atoms with Crippen LogP contribution in [-0.4, -0.2) is 26.7 Å². The van der Waals surface area contributed by atoms with Crippen molar-refractivity contribution in [1.82, 2.24) is 5.32 Å². The predicted molar refractivity (Wildman–Crippen MR) is 93.0 cm³/mol. The van der Waals surface area contributed by atoms with E-state index in [1.54, 1.807) is 32.4 Å². The average molecular weight is 368 g/mol. The van der Waals surface area contributed by atoms with Gasteiger partial charge in [0.05, 0.1) is 25.3 Å². The molecule has 0 aliphatic carbocycles. The van der Waals surface area contributed by atoms with Gasteiger partial charge in [0.2, 0.25) is 0 Å². The Morgan fingerprint density at radius 1 is 1.16 bits per heavy atom. The molecule has 25 heavy (non-hydrogen) atoms. The standard InChI is InChI=1S/C18H19ClFNO4/c1-11(14-9-13(23-2)5-7-16(14)24-3)21-18(22)10-25-17-6-4-12(20)8-15(17)19/h4-9,11H,10H2,1-3H3,(H,21,22)/t11-/m0/s1. The Morgan fingerprint density at radius 2 is 1.88 bits per heavy atom. The number of amides is 1. The van der Waals surface area contributed by atoms with Gasteiger partial charge in [0, 0.05) is 5.56 Å². The van der Waals surface area contributed by atoms with E-state index in [0.717, 1.165) is 11.6 Å². The highest BCUT2D eigenvalue weighted by Crippen LogP contribution is 2.29. The fourth-order valence-electron chi connectivity index (χ4n) is 2.27. The smallest absolute Gasteiger partial charge is 0.258 e. The Morgan fingerprint density at radius 3 is 2.52 bits per heavy atom. The van der Waals surface area contributed by atoms with Crippen molar-refractivity contribution in [3.8, 4) is 17.2 Å². The van der Waals surface area contributed by atoms with Crippen molar-refractivity contribution in [1.29, 1.82) is 0 Å². The number of rotatable bonds is 7. The van der Waals surface area contributed by atoms with Crippen molar-refractivity contribution in [2.45, 2.75) is 13.0 Å². The summed E-state index contributed by atoms with van der Waals surface area (Å²) in [5.41, 5.74) is 0.773. The number of carbonyl (C=O) groups excluding carboxylic acids is 1. The highest BCUT2D eigenvalue weighted by atomic mass is 35.5. The van der Waals surface area contributed by atoms with Gasteiger partial charge in [0.1, 0.15) is 23.1 Å². The molecule has 0 bridgehead atoms. The summed E-state index contributed by atoms with van der Waals surface area (Å²) in [7, 11) is 3.12. The molecule has 0 unspecified atom stereocenters. The van der Waals surface area contributed by atoms with Gasteiger partial charge in [-0.3, -0.25) is 4.79 Å². The van der Waals surface area contributed by atoms with E-state index in [2.05, 4.69) is 5.32 Å². The normalized spacial score (nSPS) is 11.6. The molecule has 0 aromatic heterocycles. The fraction of sp³-hybridized carbons (Fsp3) is 0.278. The van der Waals surface area contributed by atoms with Crippen molar-refractivity contribution in [2.75, 3.05) is 20.8 Å². The van der Waals surface area contributed by atoms with Crippen LogP contribution >= 0.6 is 11.6 Å². The van der Waals surface area contributed by atoms with E-state index >= 15 is 0 Å². The minimum atomic E-state index is -0.472. The third kappa shape index (κ3) is 5.00. The van der Waals surface area contributed by atoms with Crippen LogP contribution in [0.15, 0.2) is 36.4 Å². The zero-order valence-electron chi connectivity index (χ0n) is 14.1. The first-order valence-electron chi connectivity index (χ1n) is 7.53. The van der Waals surface area contributed by atoms with Crippen molar-refractivity contribution in [3.05, 3.63) is 52.8 Å². The Hall–Kier alpha value is -2.47. The summed E-state index contributed by atoms with van der Waals surface area (Å²) in [6.07, 6.45) is 0. The Kier molecular flexibility index (Phi) is 6.47. The molecule has 0 aliphatic heterocycles. The minimum absolute atomic E-state index is 0.107. The number of nitrogens with one attached hydrogen (secondary N) is 1. The zero-order chi connectivity index (χ0) is 18.4. The molecule has 1 N–H and O–H groups in total. The van der Waals surface area contributed by atoms with Crippen LogP contribution in [0.5, 0.6) is 17.2 Å². The zero-order valence-corrected chi connectivity index (χ0v) is 14.9. The van der Waals surface area contributed by atoms with E-state index < -0.39 is 5.82 Å². The Balaban J connectivity index is 2.00. The van der Waals surface area contributed by atoms with Gasteiger partial charge in [-0.15, -0.1) is 0 Å². The number of hydrogen-bond acceptors (Lipinski definition) is 4. The maximum Gasteiger partial charge on any atom is 0.258 e. The molecule has 0 fully saturated rings. The number of ether oxygens (including phenoxy) is 3. The average Bonchev–Trinajstić information content (AvgIpc) is 2.60. The second kappa shape index (κ2) is 8.58. The summed E-state index contributed by atoms with van der Waals surface area (Å²) in [6, 6.07) is 8.72. The Bertz CT molecular complexity index is 754. The molecule has 1 atom stereocenters. The highest BCUT2D eigenvalue weighted by Gasteiger charge is 2.16. The van der Waals surface area contributed by atoms with Gasteiger partial charge in [-0.25, -0.2) is 4.39 Å². The van der Waals surface area contributed by atoms with Crippen molar-refractivity contribution >= 4 is 17.5 Å². The van der Waals surface area contributed by atoms with E-state index in [0.29, 0.717) is 11.5 Å². The number of carbonyl (C=O) groups is 1. The Labute approximate surface area is 150 Å². The molecule has 0 saturated carbocycles. The van der Waals surface area contributed by atoms with Crippen molar-refractivity contribution in [3.63, 3.8) is 0 Å². The van der Waals surface area contributed by atoms with Gasteiger partial charge in [-0.05, 0) is 43.3 Å². The summed E-state index contributed by atoms with van der Waals surface area (Å²) in [6.45, 7) is 1.57. The van der Waals surface area contributed by atoms with Gasteiger partial charge in [0.25, 0.3) is 5.91 Å². The molecule has 5 nitrogen and oxygen atoms in total. The third-order valence-corrected chi connectivity index (χ3v) is 3.83. The first-order chi connectivity index (χ1) is 11.9. The topological polar surface area (TPSA) is 56.8 Å². The van der Waals surface area contributed by atoms with Gasteiger partial charge in [-0.1, -0.05) is 11.6 Å². The first kappa shape index (κ1) is 18.9. The van der Waals surface area contributed by atoms with Crippen LogP contribution in [0.1, 0.15) is 18.5 Å². The summed E-state index contributed by atoms with van der Waals surface area (Å²) in [4.78, 5) is 12.1. The molecule has 0 saturated heterocycles. The van der Waals surface area contributed by atoms with Crippen LogP contribution in [-0.2, 0) is 4.79 Å². The van der Waals surface area contributed by atoms with E-state index in [9.17, 15) is 9.18 Å². The predicted octanol–water partition coefficient (Wildman–Crippen LogP) is 3.75. The molecule has 2 rings (SSSR count). The number of hydrogen-bond donors (Lipinski definition) is 1. The van der Waals surface area contributed by atoms with Gasteiger partial charge in [0.15, 0.2) is 6.61 Å². The second-order valence-corrected chi connectivity index (χ2v) is 5.67. The lowest BCUT2D eigenvalue weighted by molar-refractivity contribution is -0.123. The van der Waals surface area contributed by atoms with Crippen LogP contribution in [0.3, 0.4) is 0 Å². The van der Waals surface area contributed by atoms with Crippen LogP contribution < -0.4 is 19.5 Å². The second-order valence-electron chi connectivity index (χ2n) is 5.26. The molecule has 0 heterocycles. The summed E-state index contributed by atoms with van der Waals surface area (Å²) < 4.78 is 28.8. The quantitative estimate of drug-likeness (QED) is 0.809. The van der Waals surface area contributed by atoms with Crippen LogP contribution in [0, 0.1) is 5.82 Å². The summed E-state index contributed by atoms with van der Waals surface area (Å²) >= 11 is 5.86. The monoisotopic (exact) mass is 367 g/mol. The van der Waals surface area contributed by atoms with Crippen molar-refractivity contribution in [2.24, 2.45) is 0 Å². The van der Waals surface area contributed by atoms with Crippen LogP contribution in [0.2, 0.25) is 5.02 Å². The van der Waals surface area contributed by atoms with Gasteiger partial charge >= 0.3 is 0 Å². The van der Waals surface area contributed by atoms with Crippen LogP contribution in [0.4, 0.5) is 4.39 Å². The third-order valence-electron chi connectivity index (χ3n) is 3.53. The first-order valence-corrected chi connectivity index (χ1v) is 7.91. The fourth-order valence-corrected chi connectivity index (χ4v) is 2.50. The van der Waals surface area contributed by atoms with E-state index in [4.69, 9.17) is 25.8 Å². The lowest BCUT2D eigenvalue weighted by atomic mass is 10.1. The molecule has 0 aliphatic rings. The highest BCUT2D eigenvalue weighted by molar-refractivity contribution is 6.32. The molecule has 2 aromatic carbocycles. The minimum Gasteiger partial charge on any atom is -0.497 e. The molecule has 1 amide bonds. The molecule has 0 spiro atoms. The molecule has 2 aromatic rings. The maximum absolute atomic E-state index is 13.0. The number of methoxy groups -OCH3 is 2. The van der Waals surface area contributed by atoms with E-state index in [1.807, 2.05) is 6.92 Å². The summed E-state index contributed by atoms with van der Waals surface area (Å²) in [5.74, 6) is 0.713. The van der Waals surface area contributed by atoms with Gasteiger partial charge in [-0.2, -0.15) is 0 Å².